The number of amides is 1. The second-order valence-electron chi connectivity index (χ2n) is 6.89. The van der Waals surface area contributed by atoms with Crippen LogP contribution in [0.25, 0.3) is 28.1 Å². The highest BCUT2D eigenvalue weighted by atomic mass is 16.5. The summed E-state index contributed by atoms with van der Waals surface area (Å²) in [6.07, 6.45) is 1.75. The molecule has 0 aliphatic heterocycles. The average Bonchev–Trinajstić information content (AvgIpc) is 3.42. The van der Waals surface area contributed by atoms with Crippen molar-refractivity contribution in [2.24, 2.45) is 0 Å². The van der Waals surface area contributed by atoms with Crippen molar-refractivity contribution in [3.63, 3.8) is 0 Å². The molecule has 0 radical (unpaired) electrons. The molecule has 11 heteroatoms. The van der Waals surface area contributed by atoms with Crippen LogP contribution in [0.3, 0.4) is 0 Å². The fraction of sp³-hybridized carbons (Fsp3) is 0.143. The molecular formula is C21H16N6O5. The molecule has 0 fully saturated rings. The van der Waals surface area contributed by atoms with Crippen molar-refractivity contribution in [2.75, 3.05) is 7.11 Å². The lowest BCUT2D eigenvalue weighted by Crippen LogP contribution is -2.28. The Bertz CT molecular complexity index is 1530. The summed E-state index contributed by atoms with van der Waals surface area (Å²) in [5.41, 5.74) is 0.505. The van der Waals surface area contributed by atoms with E-state index in [9.17, 15) is 9.59 Å². The Morgan fingerprint density at radius 1 is 1.22 bits per heavy atom. The van der Waals surface area contributed by atoms with Crippen molar-refractivity contribution in [3.05, 3.63) is 70.2 Å². The Hall–Kier alpha value is -4.54. The number of rotatable bonds is 5. The molecule has 0 aliphatic carbocycles. The second-order valence-corrected chi connectivity index (χ2v) is 6.89. The number of nitrogens with zero attached hydrogens (tertiary/aromatic N) is 5. The molecule has 32 heavy (non-hydrogen) atoms. The summed E-state index contributed by atoms with van der Waals surface area (Å²) in [6, 6.07) is 10.2. The van der Waals surface area contributed by atoms with E-state index in [-0.39, 0.29) is 17.7 Å². The van der Waals surface area contributed by atoms with Crippen LogP contribution in [0, 0.1) is 6.92 Å². The number of aromatic nitrogens is 5. The van der Waals surface area contributed by atoms with Crippen molar-refractivity contribution >= 4 is 22.5 Å². The molecule has 1 amide bonds. The van der Waals surface area contributed by atoms with Crippen LogP contribution in [-0.4, -0.2) is 37.8 Å². The highest BCUT2D eigenvalue weighted by Crippen LogP contribution is 2.25. The van der Waals surface area contributed by atoms with Crippen LogP contribution in [0.4, 0.5) is 0 Å². The van der Waals surface area contributed by atoms with Crippen LogP contribution in [0.15, 0.2) is 56.3 Å². The van der Waals surface area contributed by atoms with Crippen molar-refractivity contribution in [1.29, 1.82) is 0 Å². The third kappa shape index (κ3) is 3.25. The van der Waals surface area contributed by atoms with Crippen LogP contribution in [-0.2, 0) is 6.54 Å². The Labute approximate surface area is 179 Å². The van der Waals surface area contributed by atoms with Gasteiger partial charge in [0.05, 0.1) is 19.2 Å². The summed E-state index contributed by atoms with van der Waals surface area (Å²) in [7, 11) is 1.48. The summed E-state index contributed by atoms with van der Waals surface area (Å²) in [5, 5.41) is 15.4. The zero-order valence-corrected chi connectivity index (χ0v) is 17.0. The quantitative estimate of drug-likeness (QED) is 0.414. The number of carbonyl (C=O) groups excluding carboxylic acids is 1. The number of fused-ring (bicyclic) bond motifs is 2. The smallest absolute Gasteiger partial charge is 0.349 e. The molecule has 1 N–H and O–H groups in total. The lowest BCUT2D eigenvalue weighted by molar-refractivity contribution is 0.0946. The molecule has 0 aliphatic rings. The molecule has 4 aromatic heterocycles. The van der Waals surface area contributed by atoms with Gasteiger partial charge in [-0.05, 0) is 31.2 Å². The predicted octanol–water partition coefficient (Wildman–Crippen LogP) is 2.13. The molecule has 5 aromatic rings. The van der Waals surface area contributed by atoms with E-state index >= 15 is 0 Å². The Kier molecular flexibility index (Phi) is 4.62. The van der Waals surface area contributed by atoms with Crippen molar-refractivity contribution in [3.8, 4) is 17.2 Å². The normalized spacial score (nSPS) is 11.2. The van der Waals surface area contributed by atoms with Crippen molar-refractivity contribution < 1.29 is 18.5 Å². The second kappa shape index (κ2) is 7.61. The molecule has 4 heterocycles. The number of methoxy groups -OCH3 is 1. The van der Waals surface area contributed by atoms with Gasteiger partial charge >= 0.3 is 5.63 Å². The maximum atomic E-state index is 12.7. The number of hydrogen-bond donors (Lipinski definition) is 1. The van der Waals surface area contributed by atoms with E-state index in [1.807, 2.05) is 0 Å². The Morgan fingerprint density at radius 2 is 2.09 bits per heavy atom. The number of benzene rings is 1. The average molecular weight is 432 g/mol. The van der Waals surface area contributed by atoms with Gasteiger partial charge in [0.15, 0.2) is 28.6 Å². The van der Waals surface area contributed by atoms with Gasteiger partial charge < -0.3 is 19.0 Å². The lowest BCUT2D eigenvalue weighted by Gasteiger charge is -2.07. The van der Waals surface area contributed by atoms with E-state index in [4.69, 9.17) is 13.7 Å². The summed E-state index contributed by atoms with van der Waals surface area (Å²) in [5.74, 6) is 1.09. The zero-order chi connectivity index (χ0) is 22.2. The van der Waals surface area contributed by atoms with Gasteiger partial charge in [-0.2, -0.15) is 4.98 Å². The van der Waals surface area contributed by atoms with Gasteiger partial charge in [-0.3, -0.25) is 9.20 Å². The van der Waals surface area contributed by atoms with Crippen molar-refractivity contribution in [1.82, 2.24) is 30.1 Å². The van der Waals surface area contributed by atoms with Gasteiger partial charge in [0.1, 0.15) is 5.56 Å². The maximum absolute atomic E-state index is 12.7. The van der Waals surface area contributed by atoms with Crippen LogP contribution in [0.1, 0.15) is 22.0 Å². The minimum absolute atomic E-state index is 0.0297. The molecule has 0 saturated heterocycles. The summed E-state index contributed by atoms with van der Waals surface area (Å²) >= 11 is 0. The fourth-order valence-corrected chi connectivity index (χ4v) is 3.35. The summed E-state index contributed by atoms with van der Waals surface area (Å²) in [4.78, 5) is 29.3. The van der Waals surface area contributed by atoms with E-state index in [0.717, 1.165) is 0 Å². The molecule has 11 nitrogen and oxygen atoms in total. The standard InChI is InChI=1S/C21H16N6O5/c1-11-23-20(32-26-11)13-6-4-8-27-16(24-25-18(13)27)10-22-19(28)14-9-12-5-3-7-15(30-2)17(12)31-21(14)29/h3-9H,10H2,1-2H3,(H,22,28). The highest BCUT2D eigenvalue weighted by Gasteiger charge is 2.18. The molecule has 0 spiro atoms. The third-order valence-corrected chi connectivity index (χ3v) is 4.86. The number of carbonyl (C=O) groups is 1. The van der Waals surface area contributed by atoms with E-state index in [0.29, 0.717) is 39.9 Å². The van der Waals surface area contributed by atoms with Gasteiger partial charge in [-0.1, -0.05) is 17.3 Å². The largest absolute Gasteiger partial charge is 0.493 e. The van der Waals surface area contributed by atoms with Crippen LogP contribution in [0.5, 0.6) is 5.75 Å². The Morgan fingerprint density at radius 3 is 2.88 bits per heavy atom. The molecule has 5 rings (SSSR count). The number of pyridine rings is 1. The lowest BCUT2D eigenvalue weighted by atomic mass is 10.1. The van der Waals surface area contributed by atoms with E-state index in [1.54, 1.807) is 47.9 Å². The topological polar surface area (TPSA) is 138 Å². The number of hydrogen-bond acceptors (Lipinski definition) is 9. The predicted molar refractivity (Wildman–Crippen MR) is 111 cm³/mol. The summed E-state index contributed by atoms with van der Waals surface area (Å²) < 4.78 is 17.4. The Balaban J connectivity index is 1.42. The van der Waals surface area contributed by atoms with Gasteiger partial charge in [0.2, 0.25) is 0 Å². The molecular weight excluding hydrogens is 416 g/mol. The minimum Gasteiger partial charge on any atom is -0.493 e. The summed E-state index contributed by atoms with van der Waals surface area (Å²) in [6.45, 7) is 1.75. The molecule has 0 bridgehead atoms. The first-order chi connectivity index (χ1) is 15.5. The highest BCUT2D eigenvalue weighted by molar-refractivity contribution is 5.97. The first kappa shape index (κ1) is 19.4. The SMILES string of the molecule is COc1cccc2cc(C(=O)NCc3nnc4c(-c5nc(C)no5)cccn34)c(=O)oc12. The van der Waals surface area contributed by atoms with Gasteiger partial charge in [0, 0.05) is 11.6 Å². The van der Waals surface area contributed by atoms with E-state index < -0.39 is 11.5 Å². The van der Waals surface area contributed by atoms with E-state index in [1.165, 1.54) is 13.2 Å². The van der Waals surface area contributed by atoms with Crippen LogP contribution < -0.4 is 15.7 Å². The minimum atomic E-state index is -0.764. The molecule has 0 atom stereocenters. The monoisotopic (exact) mass is 432 g/mol. The first-order valence-electron chi connectivity index (χ1n) is 9.57. The van der Waals surface area contributed by atoms with Gasteiger partial charge in [0.25, 0.3) is 11.8 Å². The molecule has 0 saturated carbocycles. The first-order valence-corrected chi connectivity index (χ1v) is 9.57. The van der Waals surface area contributed by atoms with E-state index in [2.05, 4.69) is 25.7 Å². The fourth-order valence-electron chi connectivity index (χ4n) is 3.35. The molecule has 1 aromatic carbocycles. The molecule has 0 unspecified atom stereocenters. The number of para-hydroxylation sites is 1. The van der Waals surface area contributed by atoms with Gasteiger partial charge in [-0.15, -0.1) is 10.2 Å². The zero-order valence-electron chi connectivity index (χ0n) is 17.0. The van der Waals surface area contributed by atoms with Crippen LogP contribution >= 0.6 is 0 Å². The number of aryl methyl sites for hydroxylation is 1. The number of nitrogens with one attached hydrogen (secondary N) is 1. The van der Waals surface area contributed by atoms with Gasteiger partial charge in [-0.25, -0.2) is 4.79 Å². The van der Waals surface area contributed by atoms with Crippen LogP contribution in [0.2, 0.25) is 0 Å². The van der Waals surface area contributed by atoms with Crippen molar-refractivity contribution in [2.45, 2.75) is 13.5 Å². The third-order valence-electron chi connectivity index (χ3n) is 4.86. The molecule has 160 valence electrons. The number of ether oxygens (including phenoxy) is 1. The maximum Gasteiger partial charge on any atom is 0.349 e.